The van der Waals surface area contributed by atoms with Crippen LogP contribution in [0.5, 0.6) is 11.5 Å². The SMILES string of the molecule is COc1ccc(OC)c(NC(N)=NCCc2c[nH]c3cc(F)ccc23)c1. The minimum atomic E-state index is -0.260. The Balaban J connectivity index is 1.67. The molecule has 0 fully saturated rings. The molecule has 4 N–H and O–H groups in total. The van der Waals surface area contributed by atoms with Gasteiger partial charge in [0.1, 0.15) is 17.3 Å². The normalized spacial score (nSPS) is 11.6. The minimum Gasteiger partial charge on any atom is -0.497 e. The summed E-state index contributed by atoms with van der Waals surface area (Å²) >= 11 is 0. The van der Waals surface area contributed by atoms with E-state index in [1.54, 1.807) is 38.5 Å². The fourth-order valence-electron chi connectivity index (χ4n) is 2.75. The summed E-state index contributed by atoms with van der Waals surface area (Å²) in [7, 11) is 3.18. The van der Waals surface area contributed by atoms with Crippen LogP contribution >= 0.6 is 0 Å². The van der Waals surface area contributed by atoms with Gasteiger partial charge in [0.05, 0.1) is 19.9 Å². The largest absolute Gasteiger partial charge is 0.497 e. The highest BCUT2D eigenvalue weighted by Gasteiger charge is 2.07. The summed E-state index contributed by atoms with van der Waals surface area (Å²) in [6.45, 7) is 0.495. The molecule has 0 aliphatic carbocycles. The number of hydrogen-bond acceptors (Lipinski definition) is 3. The van der Waals surface area contributed by atoms with Crippen molar-refractivity contribution in [2.75, 3.05) is 26.1 Å². The molecule has 0 atom stereocenters. The maximum atomic E-state index is 13.2. The van der Waals surface area contributed by atoms with Gasteiger partial charge in [-0.2, -0.15) is 0 Å². The molecule has 0 saturated heterocycles. The zero-order valence-corrected chi connectivity index (χ0v) is 14.7. The van der Waals surface area contributed by atoms with Crippen molar-refractivity contribution in [3.8, 4) is 11.5 Å². The van der Waals surface area contributed by atoms with Crippen LogP contribution in [0.2, 0.25) is 0 Å². The van der Waals surface area contributed by atoms with E-state index in [4.69, 9.17) is 15.2 Å². The monoisotopic (exact) mass is 356 g/mol. The van der Waals surface area contributed by atoms with Gasteiger partial charge in [0.25, 0.3) is 0 Å². The van der Waals surface area contributed by atoms with Crippen LogP contribution in [0.1, 0.15) is 5.56 Å². The number of nitrogens with one attached hydrogen (secondary N) is 2. The van der Waals surface area contributed by atoms with E-state index < -0.39 is 0 Å². The molecule has 0 radical (unpaired) electrons. The van der Waals surface area contributed by atoms with Crippen molar-refractivity contribution in [2.24, 2.45) is 10.7 Å². The van der Waals surface area contributed by atoms with E-state index in [1.165, 1.54) is 12.1 Å². The summed E-state index contributed by atoms with van der Waals surface area (Å²) in [6.07, 6.45) is 2.55. The number of benzene rings is 2. The molecule has 0 bridgehead atoms. The third-order valence-corrected chi connectivity index (χ3v) is 4.06. The molecule has 3 aromatic rings. The van der Waals surface area contributed by atoms with Crippen molar-refractivity contribution in [1.29, 1.82) is 0 Å². The van der Waals surface area contributed by atoms with Gasteiger partial charge < -0.3 is 25.5 Å². The molecule has 6 nitrogen and oxygen atoms in total. The Bertz CT molecular complexity index is 936. The van der Waals surface area contributed by atoms with E-state index >= 15 is 0 Å². The number of anilines is 1. The average molecular weight is 356 g/mol. The molecule has 0 unspecified atom stereocenters. The lowest BCUT2D eigenvalue weighted by Gasteiger charge is -2.12. The van der Waals surface area contributed by atoms with Crippen molar-refractivity contribution in [3.63, 3.8) is 0 Å². The lowest BCUT2D eigenvalue weighted by molar-refractivity contribution is 0.405. The van der Waals surface area contributed by atoms with Gasteiger partial charge in [-0.05, 0) is 42.3 Å². The summed E-state index contributed by atoms with van der Waals surface area (Å²) in [5.41, 5.74) is 8.49. The smallest absolute Gasteiger partial charge is 0.193 e. The number of rotatable bonds is 6. The minimum absolute atomic E-state index is 0.260. The number of aliphatic imine (C=N–C) groups is 1. The summed E-state index contributed by atoms with van der Waals surface area (Å²) in [5, 5.41) is 4.01. The van der Waals surface area contributed by atoms with E-state index in [1.807, 2.05) is 6.20 Å². The number of aromatic amines is 1. The number of guanidine groups is 1. The van der Waals surface area contributed by atoms with Crippen LogP contribution in [-0.4, -0.2) is 31.7 Å². The van der Waals surface area contributed by atoms with Gasteiger partial charge in [0.15, 0.2) is 5.96 Å². The van der Waals surface area contributed by atoms with Crippen LogP contribution in [0.4, 0.5) is 10.1 Å². The standard InChI is InChI=1S/C19H21FN4O2/c1-25-14-4-6-18(26-2)17(10-14)24-19(21)22-8-7-12-11-23-16-9-13(20)3-5-15(12)16/h3-6,9-11,23H,7-8H2,1-2H3,(H3,21,22,24). The molecule has 0 spiro atoms. The highest BCUT2D eigenvalue weighted by atomic mass is 19.1. The van der Waals surface area contributed by atoms with E-state index in [0.717, 1.165) is 16.5 Å². The number of halogens is 1. The predicted molar refractivity (Wildman–Crippen MR) is 102 cm³/mol. The summed E-state index contributed by atoms with van der Waals surface area (Å²) in [5.74, 6) is 1.35. The molecule has 0 aliphatic rings. The Morgan fingerprint density at radius 1 is 1.19 bits per heavy atom. The molecular weight excluding hydrogens is 335 g/mol. The molecule has 0 saturated carbocycles. The third-order valence-electron chi connectivity index (χ3n) is 4.06. The first-order chi connectivity index (χ1) is 12.6. The van der Waals surface area contributed by atoms with Gasteiger partial charge in [0, 0.05) is 29.7 Å². The second-order valence-corrected chi connectivity index (χ2v) is 5.71. The number of hydrogen-bond donors (Lipinski definition) is 3. The first kappa shape index (κ1) is 17.6. The van der Waals surface area contributed by atoms with Crippen molar-refractivity contribution in [3.05, 3.63) is 54.0 Å². The Morgan fingerprint density at radius 2 is 2.04 bits per heavy atom. The van der Waals surface area contributed by atoms with E-state index in [0.29, 0.717) is 30.2 Å². The van der Waals surface area contributed by atoms with Crippen LogP contribution < -0.4 is 20.5 Å². The first-order valence-corrected chi connectivity index (χ1v) is 8.15. The second-order valence-electron chi connectivity index (χ2n) is 5.71. The zero-order chi connectivity index (χ0) is 18.5. The summed E-state index contributed by atoms with van der Waals surface area (Å²) in [4.78, 5) is 7.42. The zero-order valence-electron chi connectivity index (χ0n) is 14.7. The van der Waals surface area contributed by atoms with Crippen LogP contribution in [-0.2, 0) is 6.42 Å². The van der Waals surface area contributed by atoms with E-state index in [-0.39, 0.29) is 11.8 Å². The van der Waals surface area contributed by atoms with E-state index in [2.05, 4.69) is 15.3 Å². The molecule has 7 heteroatoms. The Kier molecular flexibility index (Phi) is 5.26. The maximum Gasteiger partial charge on any atom is 0.193 e. The summed E-state index contributed by atoms with van der Waals surface area (Å²) < 4.78 is 23.8. The molecular formula is C19H21FN4O2. The van der Waals surface area contributed by atoms with Crippen molar-refractivity contribution >= 4 is 22.5 Å². The molecule has 26 heavy (non-hydrogen) atoms. The topological polar surface area (TPSA) is 84.7 Å². The Hall–Kier alpha value is -3.22. The highest BCUT2D eigenvalue weighted by molar-refractivity contribution is 5.94. The van der Waals surface area contributed by atoms with Crippen LogP contribution in [0, 0.1) is 5.82 Å². The molecule has 0 amide bonds. The van der Waals surface area contributed by atoms with Gasteiger partial charge in [0.2, 0.25) is 0 Å². The fraction of sp³-hybridized carbons (Fsp3) is 0.211. The quantitative estimate of drug-likeness (QED) is 0.467. The Labute approximate surface area is 150 Å². The molecule has 0 aliphatic heterocycles. The lowest BCUT2D eigenvalue weighted by atomic mass is 10.1. The fourth-order valence-corrected chi connectivity index (χ4v) is 2.75. The average Bonchev–Trinajstić information content (AvgIpc) is 3.03. The number of fused-ring (bicyclic) bond motifs is 1. The number of methoxy groups -OCH3 is 2. The molecule has 2 aromatic carbocycles. The van der Waals surface area contributed by atoms with Crippen molar-refractivity contribution in [1.82, 2.24) is 4.98 Å². The Morgan fingerprint density at radius 3 is 2.81 bits per heavy atom. The molecule has 1 heterocycles. The van der Waals surface area contributed by atoms with Gasteiger partial charge in [-0.25, -0.2) is 4.39 Å². The molecule has 1 aromatic heterocycles. The predicted octanol–water partition coefficient (Wildman–Crippen LogP) is 3.29. The van der Waals surface area contributed by atoms with Crippen molar-refractivity contribution < 1.29 is 13.9 Å². The number of ether oxygens (including phenoxy) is 2. The first-order valence-electron chi connectivity index (χ1n) is 8.15. The van der Waals surface area contributed by atoms with E-state index in [9.17, 15) is 4.39 Å². The third kappa shape index (κ3) is 3.88. The summed E-state index contributed by atoms with van der Waals surface area (Å²) in [6, 6.07) is 10.1. The molecule has 3 rings (SSSR count). The van der Waals surface area contributed by atoms with Gasteiger partial charge in [-0.3, -0.25) is 4.99 Å². The highest BCUT2D eigenvalue weighted by Crippen LogP contribution is 2.28. The van der Waals surface area contributed by atoms with Gasteiger partial charge in [-0.15, -0.1) is 0 Å². The number of nitrogens with two attached hydrogens (primary N) is 1. The maximum absolute atomic E-state index is 13.2. The van der Waals surface area contributed by atoms with Gasteiger partial charge in [-0.1, -0.05) is 0 Å². The lowest BCUT2D eigenvalue weighted by Crippen LogP contribution is -2.23. The number of aromatic nitrogens is 1. The van der Waals surface area contributed by atoms with Gasteiger partial charge >= 0.3 is 0 Å². The second kappa shape index (κ2) is 7.77. The molecule has 136 valence electrons. The van der Waals surface area contributed by atoms with Crippen molar-refractivity contribution in [2.45, 2.75) is 6.42 Å². The number of nitrogens with zero attached hydrogens (tertiary/aromatic N) is 1. The van der Waals surface area contributed by atoms with Crippen LogP contribution in [0.25, 0.3) is 10.9 Å². The number of H-pyrrole nitrogens is 1. The van der Waals surface area contributed by atoms with Crippen LogP contribution in [0.3, 0.4) is 0 Å². The van der Waals surface area contributed by atoms with Crippen LogP contribution in [0.15, 0.2) is 47.6 Å².